The molecule has 3 N–H and O–H groups in total. The fourth-order valence-corrected chi connectivity index (χ4v) is 3.02. The maximum Gasteiger partial charge on any atom is 0.244 e. The number of nitrogens with one attached hydrogen (secondary N) is 1. The molecule has 5 nitrogen and oxygen atoms in total. The first kappa shape index (κ1) is 14.7. The molecule has 0 radical (unpaired) electrons. The quantitative estimate of drug-likeness (QED) is 0.876. The van der Waals surface area contributed by atoms with Crippen molar-refractivity contribution in [3.8, 4) is 0 Å². The van der Waals surface area contributed by atoms with E-state index in [0.717, 1.165) is 0 Å². The van der Waals surface area contributed by atoms with Gasteiger partial charge >= 0.3 is 0 Å². The number of nitrogens with two attached hydrogens (primary N) is 1. The number of nitrogens with zero attached hydrogens (tertiary/aromatic N) is 1. The van der Waals surface area contributed by atoms with E-state index in [0.29, 0.717) is 11.3 Å². The second kappa shape index (κ2) is 5.74. The minimum Gasteiger partial charge on any atom is -0.363 e. The van der Waals surface area contributed by atoms with Gasteiger partial charge in [0.25, 0.3) is 0 Å². The zero-order valence-corrected chi connectivity index (χ0v) is 11.8. The predicted octanol–water partition coefficient (Wildman–Crippen LogP) is 1.43. The Morgan fingerprint density at radius 2 is 2.10 bits per heavy atom. The van der Waals surface area contributed by atoms with Gasteiger partial charge in [0.15, 0.2) is 0 Å². The number of rotatable bonds is 5. The van der Waals surface area contributed by atoms with Gasteiger partial charge in [0.1, 0.15) is 5.82 Å². The van der Waals surface area contributed by atoms with Gasteiger partial charge in [0, 0.05) is 32.0 Å². The van der Waals surface area contributed by atoms with E-state index in [1.165, 1.54) is 35.7 Å². The Kier molecular flexibility index (Phi) is 4.22. The summed E-state index contributed by atoms with van der Waals surface area (Å²) in [6.45, 7) is 0.340. The van der Waals surface area contributed by atoms with Crippen molar-refractivity contribution in [3.63, 3.8) is 0 Å². The summed E-state index contributed by atoms with van der Waals surface area (Å²) in [7, 11) is -2.16. The van der Waals surface area contributed by atoms with Crippen molar-refractivity contribution in [2.45, 2.75) is 18.0 Å². The molecular weight excluding hydrogens is 281 g/mol. The zero-order valence-electron chi connectivity index (χ0n) is 11.0. The second-order valence-electron chi connectivity index (χ2n) is 4.46. The average molecular weight is 297 g/mol. The van der Waals surface area contributed by atoms with Crippen molar-refractivity contribution in [1.29, 1.82) is 0 Å². The Bertz CT molecular complexity index is 697. The molecular formula is C13H16FN3O2S. The van der Waals surface area contributed by atoms with Crippen LogP contribution in [0.4, 0.5) is 4.39 Å². The third-order valence-corrected chi connectivity index (χ3v) is 4.72. The van der Waals surface area contributed by atoms with Crippen LogP contribution in [-0.4, -0.2) is 24.8 Å². The molecule has 0 saturated heterocycles. The molecule has 0 amide bonds. The summed E-state index contributed by atoms with van der Waals surface area (Å²) in [4.78, 5) is 2.95. The lowest BCUT2D eigenvalue weighted by molar-refractivity contribution is 0.465. The van der Waals surface area contributed by atoms with E-state index < -0.39 is 10.0 Å². The van der Waals surface area contributed by atoms with E-state index in [-0.39, 0.29) is 23.8 Å². The monoisotopic (exact) mass is 297 g/mol. The van der Waals surface area contributed by atoms with Gasteiger partial charge in [-0.05, 0) is 23.8 Å². The van der Waals surface area contributed by atoms with Crippen molar-refractivity contribution in [2.24, 2.45) is 5.73 Å². The van der Waals surface area contributed by atoms with Crippen LogP contribution in [0.2, 0.25) is 0 Å². The topological polar surface area (TPSA) is 79.2 Å². The van der Waals surface area contributed by atoms with Crippen LogP contribution in [0.25, 0.3) is 0 Å². The molecule has 0 aliphatic carbocycles. The Balaban J connectivity index is 2.21. The van der Waals surface area contributed by atoms with Crippen LogP contribution >= 0.6 is 0 Å². The molecule has 0 aliphatic rings. The molecule has 0 unspecified atom stereocenters. The summed E-state index contributed by atoms with van der Waals surface area (Å²) in [5.41, 5.74) is 6.67. The summed E-state index contributed by atoms with van der Waals surface area (Å²) >= 11 is 0. The molecule has 1 aromatic heterocycles. The molecule has 108 valence electrons. The zero-order chi connectivity index (χ0) is 14.8. The normalized spacial score (nSPS) is 12.0. The van der Waals surface area contributed by atoms with Crippen molar-refractivity contribution in [1.82, 2.24) is 9.29 Å². The molecule has 1 heterocycles. The highest BCUT2D eigenvalue weighted by atomic mass is 32.2. The number of halogens is 1. The van der Waals surface area contributed by atoms with Gasteiger partial charge in [-0.2, -0.15) is 4.31 Å². The number of benzene rings is 1. The van der Waals surface area contributed by atoms with Crippen LogP contribution in [0.1, 0.15) is 11.3 Å². The SMILES string of the molecule is CN(Cc1cccc(F)c1)S(=O)(=O)c1c[nH]c(CN)c1. The number of hydrogen-bond donors (Lipinski definition) is 2. The second-order valence-corrected chi connectivity index (χ2v) is 6.50. The highest BCUT2D eigenvalue weighted by Crippen LogP contribution is 2.18. The van der Waals surface area contributed by atoms with Crippen molar-refractivity contribution >= 4 is 10.0 Å². The van der Waals surface area contributed by atoms with Crippen molar-refractivity contribution < 1.29 is 12.8 Å². The Labute approximate surface area is 117 Å². The maximum atomic E-state index is 13.1. The van der Waals surface area contributed by atoms with Crippen molar-refractivity contribution in [3.05, 3.63) is 53.6 Å². The molecule has 1 aromatic carbocycles. The first-order valence-electron chi connectivity index (χ1n) is 6.01. The standard InChI is InChI=1S/C13H16FN3O2S/c1-17(9-10-3-2-4-11(14)5-10)20(18,19)13-6-12(7-15)16-8-13/h2-6,8,16H,7,9,15H2,1H3. The van der Waals surface area contributed by atoms with Gasteiger partial charge in [-0.25, -0.2) is 12.8 Å². The lowest BCUT2D eigenvalue weighted by Gasteiger charge is -2.16. The van der Waals surface area contributed by atoms with Crippen LogP contribution in [0, 0.1) is 5.82 Å². The highest BCUT2D eigenvalue weighted by molar-refractivity contribution is 7.89. The Morgan fingerprint density at radius 1 is 1.35 bits per heavy atom. The molecule has 2 aromatic rings. The number of sulfonamides is 1. The third kappa shape index (κ3) is 3.06. The van der Waals surface area contributed by atoms with E-state index in [4.69, 9.17) is 5.73 Å². The molecule has 0 atom stereocenters. The van der Waals surface area contributed by atoms with Gasteiger partial charge in [0.05, 0.1) is 4.90 Å². The molecule has 20 heavy (non-hydrogen) atoms. The van der Waals surface area contributed by atoms with Crippen LogP contribution in [-0.2, 0) is 23.1 Å². The summed E-state index contributed by atoms with van der Waals surface area (Å²) in [5, 5.41) is 0. The summed E-state index contributed by atoms with van der Waals surface area (Å²) in [5.74, 6) is -0.389. The van der Waals surface area contributed by atoms with Gasteiger partial charge in [-0.1, -0.05) is 12.1 Å². The minimum absolute atomic E-state index is 0.100. The van der Waals surface area contributed by atoms with Gasteiger partial charge in [0.2, 0.25) is 10.0 Å². The molecule has 7 heteroatoms. The predicted molar refractivity (Wildman–Crippen MR) is 73.7 cm³/mol. The fourth-order valence-electron chi connectivity index (χ4n) is 1.84. The van der Waals surface area contributed by atoms with Crippen molar-refractivity contribution in [2.75, 3.05) is 7.05 Å². The van der Waals surface area contributed by atoms with E-state index in [1.807, 2.05) is 0 Å². The van der Waals surface area contributed by atoms with Crippen LogP contribution in [0.15, 0.2) is 41.4 Å². The van der Waals surface area contributed by atoms with Gasteiger partial charge < -0.3 is 10.7 Å². The number of hydrogen-bond acceptors (Lipinski definition) is 3. The number of H-pyrrole nitrogens is 1. The Morgan fingerprint density at radius 3 is 2.70 bits per heavy atom. The van der Waals surface area contributed by atoms with E-state index >= 15 is 0 Å². The third-order valence-electron chi connectivity index (χ3n) is 2.94. The summed E-state index contributed by atoms with van der Waals surface area (Å²) in [6.07, 6.45) is 1.40. The Hall–Kier alpha value is -1.70. The number of aromatic amines is 1. The summed E-state index contributed by atoms with van der Waals surface area (Å²) < 4.78 is 38.9. The van der Waals surface area contributed by atoms with E-state index in [1.54, 1.807) is 12.1 Å². The molecule has 2 rings (SSSR count). The lowest BCUT2D eigenvalue weighted by atomic mass is 10.2. The van der Waals surface area contributed by atoms with E-state index in [2.05, 4.69) is 4.98 Å². The molecule has 0 aliphatic heterocycles. The van der Waals surface area contributed by atoms with Gasteiger partial charge in [-0.15, -0.1) is 0 Å². The lowest BCUT2D eigenvalue weighted by Crippen LogP contribution is -2.26. The van der Waals surface area contributed by atoms with Crippen LogP contribution in [0.3, 0.4) is 0 Å². The highest BCUT2D eigenvalue weighted by Gasteiger charge is 2.22. The first-order valence-corrected chi connectivity index (χ1v) is 7.45. The molecule has 0 spiro atoms. The first-order chi connectivity index (χ1) is 9.43. The fraction of sp³-hybridized carbons (Fsp3) is 0.231. The molecule has 0 saturated carbocycles. The van der Waals surface area contributed by atoms with Crippen LogP contribution < -0.4 is 5.73 Å². The average Bonchev–Trinajstić information content (AvgIpc) is 2.88. The minimum atomic E-state index is -3.62. The molecule has 0 fully saturated rings. The largest absolute Gasteiger partial charge is 0.363 e. The van der Waals surface area contributed by atoms with E-state index in [9.17, 15) is 12.8 Å². The maximum absolute atomic E-state index is 13.1. The number of aromatic nitrogens is 1. The summed E-state index contributed by atoms with van der Waals surface area (Å²) in [6, 6.07) is 7.36. The molecule has 0 bridgehead atoms. The van der Waals surface area contributed by atoms with Crippen LogP contribution in [0.5, 0.6) is 0 Å². The van der Waals surface area contributed by atoms with Gasteiger partial charge in [-0.3, -0.25) is 0 Å². The smallest absolute Gasteiger partial charge is 0.244 e.